The predicted octanol–water partition coefficient (Wildman–Crippen LogP) is 3.15. The number of pyridine rings is 1. The molecule has 0 N–H and O–H groups in total. The molecule has 0 aliphatic heterocycles. The highest BCUT2D eigenvalue weighted by Gasteiger charge is 2.17. The number of carbonyl (C=O) groups is 1. The van der Waals surface area contributed by atoms with Gasteiger partial charge in [0.2, 0.25) is 5.89 Å². The number of hydrogen-bond acceptors (Lipinski definition) is 7. The second-order valence-corrected chi connectivity index (χ2v) is 6.20. The SMILES string of the molecule is O=Cc1cnc(-c2ccccc2)n(Cc2ccc(-c3nnc(C(F)F)o3)cn2)c1=O. The Hall–Kier alpha value is -4.08. The molecule has 0 saturated carbocycles. The van der Waals surface area contributed by atoms with Gasteiger partial charge in [0.05, 0.1) is 23.4 Å². The second kappa shape index (κ2) is 8.11. The number of nitrogens with zero attached hydrogens (tertiary/aromatic N) is 5. The zero-order chi connectivity index (χ0) is 21.1. The van der Waals surface area contributed by atoms with Crippen molar-refractivity contribution in [1.29, 1.82) is 0 Å². The van der Waals surface area contributed by atoms with Gasteiger partial charge in [-0.25, -0.2) is 4.98 Å². The van der Waals surface area contributed by atoms with Crippen molar-refractivity contribution in [3.8, 4) is 22.8 Å². The number of aromatic nitrogens is 5. The Morgan fingerprint density at radius 3 is 2.43 bits per heavy atom. The molecule has 1 aromatic carbocycles. The van der Waals surface area contributed by atoms with E-state index in [1.807, 2.05) is 18.2 Å². The lowest BCUT2D eigenvalue weighted by Crippen LogP contribution is -2.27. The Kier molecular flexibility index (Phi) is 5.21. The molecule has 0 fully saturated rings. The predicted molar refractivity (Wildman–Crippen MR) is 101 cm³/mol. The Morgan fingerprint density at radius 1 is 1.00 bits per heavy atom. The molecular weight excluding hydrogens is 396 g/mol. The molecule has 4 rings (SSSR count). The summed E-state index contributed by atoms with van der Waals surface area (Å²) in [6.45, 7) is 0.0458. The van der Waals surface area contributed by atoms with Gasteiger partial charge in [-0.1, -0.05) is 30.3 Å². The number of benzene rings is 1. The van der Waals surface area contributed by atoms with Crippen molar-refractivity contribution in [3.63, 3.8) is 0 Å². The molecule has 0 aliphatic rings. The van der Waals surface area contributed by atoms with Gasteiger partial charge in [-0.05, 0) is 12.1 Å². The molecule has 0 atom stereocenters. The van der Waals surface area contributed by atoms with Crippen LogP contribution in [0.15, 0.2) is 64.1 Å². The molecule has 0 spiro atoms. The summed E-state index contributed by atoms with van der Waals surface area (Å²) in [6.07, 6.45) is 0.204. The average molecular weight is 409 g/mol. The first-order chi connectivity index (χ1) is 14.6. The van der Waals surface area contributed by atoms with E-state index in [1.165, 1.54) is 17.0 Å². The molecule has 3 heterocycles. The van der Waals surface area contributed by atoms with E-state index in [1.54, 1.807) is 24.3 Å². The van der Waals surface area contributed by atoms with Gasteiger partial charge in [0.1, 0.15) is 5.82 Å². The van der Waals surface area contributed by atoms with Crippen LogP contribution >= 0.6 is 0 Å². The molecule has 0 aliphatic carbocycles. The highest BCUT2D eigenvalue weighted by atomic mass is 19.3. The molecule has 0 bridgehead atoms. The van der Waals surface area contributed by atoms with Crippen LogP contribution in [0.25, 0.3) is 22.8 Å². The van der Waals surface area contributed by atoms with Crippen LogP contribution in [-0.2, 0) is 6.54 Å². The largest absolute Gasteiger partial charge is 0.415 e. The molecule has 30 heavy (non-hydrogen) atoms. The summed E-state index contributed by atoms with van der Waals surface area (Å²) in [6, 6.07) is 12.2. The van der Waals surface area contributed by atoms with E-state index in [9.17, 15) is 18.4 Å². The van der Waals surface area contributed by atoms with E-state index in [-0.39, 0.29) is 18.0 Å². The van der Waals surface area contributed by atoms with E-state index >= 15 is 0 Å². The Bertz CT molecular complexity index is 1240. The molecule has 3 aromatic heterocycles. The van der Waals surface area contributed by atoms with E-state index in [0.717, 1.165) is 0 Å². The highest BCUT2D eigenvalue weighted by Crippen LogP contribution is 2.23. The molecule has 0 radical (unpaired) electrons. The topological polar surface area (TPSA) is 104 Å². The number of aldehydes is 1. The normalized spacial score (nSPS) is 11.0. The number of alkyl halides is 2. The van der Waals surface area contributed by atoms with Crippen LogP contribution < -0.4 is 5.56 Å². The van der Waals surface area contributed by atoms with Gasteiger partial charge >= 0.3 is 6.43 Å². The lowest BCUT2D eigenvalue weighted by atomic mass is 10.2. The summed E-state index contributed by atoms with van der Waals surface area (Å²) in [7, 11) is 0. The number of carbonyl (C=O) groups excluding carboxylic acids is 1. The van der Waals surface area contributed by atoms with Crippen LogP contribution in [0.4, 0.5) is 8.78 Å². The van der Waals surface area contributed by atoms with Gasteiger partial charge in [0, 0.05) is 18.0 Å². The molecule has 0 saturated heterocycles. The van der Waals surface area contributed by atoms with Crippen molar-refractivity contribution in [2.24, 2.45) is 0 Å². The summed E-state index contributed by atoms with van der Waals surface area (Å²) in [5.74, 6) is -0.475. The van der Waals surface area contributed by atoms with Gasteiger partial charge in [-0.2, -0.15) is 8.78 Å². The summed E-state index contributed by atoms with van der Waals surface area (Å²) in [5, 5.41) is 6.85. The van der Waals surface area contributed by atoms with Crippen molar-refractivity contribution in [2.75, 3.05) is 0 Å². The van der Waals surface area contributed by atoms with Gasteiger partial charge in [0.25, 0.3) is 11.4 Å². The maximum absolute atomic E-state index is 12.7. The smallest absolute Gasteiger partial charge is 0.314 e. The molecule has 4 aromatic rings. The lowest BCUT2D eigenvalue weighted by Gasteiger charge is -2.12. The molecule has 0 amide bonds. The van der Waals surface area contributed by atoms with Gasteiger partial charge in [-0.3, -0.25) is 19.1 Å². The van der Waals surface area contributed by atoms with Crippen LogP contribution in [0.3, 0.4) is 0 Å². The maximum atomic E-state index is 12.7. The van der Waals surface area contributed by atoms with Gasteiger partial charge in [-0.15, -0.1) is 10.2 Å². The first kappa shape index (κ1) is 19.2. The minimum Gasteiger partial charge on any atom is -0.415 e. The molecule has 150 valence electrons. The zero-order valence-electron chi connectivity index (χ0n) is 15.3. The maximum Gasteiger partial charge on any atom is 0.314 e. The van der Waals surface area contributed by atoms with Gasteiger partial charge in [0.15, 0.2) is 6.29 Å². The van der Waals surface area contributed by atoms with E-state index in [4.69, 9.17) is 4.42 Å². The van der Waals surface area contributed by atoms with Crippen molar-refractivity contribution >= 4 is 6.29 Å². The number of halogens is 2. The zero-order valence-corrected chi connectivity index (χ0v) is 15.3. The Balaban J connectivity index is 1.68. The fourth-order valence-electron chi connectivity index (χ4n) is 2.80. The number of rotatable bonds is 6. The fraction of sp³-hybridized carbons (Fsp3) is 0.100. The summed E-state index contributed by atoms with van der Waals surface area (Å²) in [4.78, 5) is 32.4. The second-order valence-electron chi connectivity index (χ2n) is 6.20. The quantitative estimate of drug-likeness (QED) is 0.451. The van der Waals surface area contributed by atoms with E-state index in [0.29, 0.717) is 28.9 Å². The van der Waals surface area contributed by atoms with Crippen molar-refractivity contribution < 1.29 is 18.0 Å². The lowest BCUT2D eigenvalue weighted by molar-refractivity contribution is 0.112. The first-order valence-electron chi connectivity index (χ1n) is 8.74. The van der Waals surface area contributed by atoms with Crippen LogP contribution in [-0.4, -0.2) is 31.0 Å². The molecule has 8 nitrogen and oxygen atoms in total. The minimum atomic E-state index is -2.86. The van der Waals surface area contributed by atoms with Crippen LogP contribution in [0.2, 0.25) is 0 Å². The van der Waals surface area contributed by atoms with Crippen LogP contribution in [0.5, 0.6) is 0 Å². The van der Waals surface area contributed by atoms with Crippen LogP contribution in [0, 0.1) is 0 Å². The number of hydrogen-bond donors (Lipinski definition) is 0. The van der Waals surface area contributed by atoms with Crippen molar-refractivity contribution in [1.82, 2.24) is 24.7 Å². The minimum absolute atomic E-state index is 0.0458. The standard InChI is InChI=1S/C20H13F2N5O3/c21-16(22)19-26-25-18(30-19)13-6-7-15(23-8-13)10-27-17(12-4-2-1-3-5-12)24-9-14(11-28)20(27)29/h1-9,11,16H,10H2. The summed E-state index contributed by atoms with van der Waals surface area (Å²) in [5.41, 5.74) is 0.971. The first-order valence-corrected chi connectivity index (χ1v) is 8.74. The fourth-order valence-corrected chi connectivity index (χ4v) is 2.80. The van der Waals surface area contributed by atoms with Gasteiger partial charge < -0.3 is 4.42 Å². The van der Waals surface area contributed by atoms with Crippen LogP contribution in [0.1, 0.15) is 28.4 Å². The molecule has 0 unspecified atom stereocenters. The average Bonchev–Trinajstić information content (AvgIpc) is 3.27. The highest BCUT2D eigenvalue weighted by molar-refractivity contribution is 5.74. The Morgan fingerprint density at radius 2 is 1.80 bits per heavy atom. The summed E-state index contributed by atoms with van der Waals surface area (Å²) < 4.78 is 31.5. The van der Waals surface area contributed by atoms with E-state index < -0.39 is 17.9 Å². The monoisotopic (exact) mass is 409 g/mol. The van der Waals surface area contributed by atoms with E-state index in [2.05, 4.69) is 20.2 Å². The third-order valence-electron chi connectivity index (χ3n) is 4.25. The third kappa shape index (κ3) is 3.75. The van der Waals surface area contributed by atoms with Crippen molar-refractivity contribution in [2.45, 2.75) is 13.0 Å². The Labute approximate surface area is 167 Å². The molecule has 10 heteroatoms. The molecular formula is C20H13F2N5O3. The summed E-state index contributed by atoms with van der Waals surface area (Å²) >= 11 is 0. The van der Waals surface area contributed by atoms with Crippen molar-refractivity contribution in [3.05, 3.63) is 82.4 Å². The third-order valence-corrected chi connectivity index (χ3v) is 4.25.